The number of nitrogens with zero attached hydrogens (tertiary/aromatic N) is 3. The predicted octanol–water partition coefficient (Wildman–Crippen LogP) is 2.31. The smallest absolute Gasteiger partial charge is 0.240 e. The number of piperidine rings is 1. The van der Waals surface area contributed by atoms with Crippen LogP contribution >= 0.6 is 0 Å². The van der Waals surface area contributed by atoms with Gasteiger partial charge < -0.3 is 4.74 Å². The van der Waals surface area contributed by atoms with E-state index in [0.29, 0.717) is 19.1 Å². The summed E-state index contributed by atoms with van der Waals surface area (Å²) in [6.07, 6.45) is 2.78. The van der Waals surface area contributed by atoms with Crippen LogP contribution in [0.3, 0.4) is 0 Å². The molecule has 2 aliphatic rings. The van der Waals surface area contributed by atoms with E-state index in [1.165, 1.54) is 23.4 Å². The van der Waals surface area contributed by atoms with Gasteiger partial charge in [-0.1, -0.05) is 0 Å². The molecule has 3 heterocycles. The SMILES string of the molecule is CCn1nc(CN2CCC(CNS(=O)(=O)c3ccc(F)cc3)CC2)c2c1CCOC2. The minimum Gasteiger partial charge on any atom is -0.376 e. The Morgan fingerprint density at radius 1 is 1.23 bits per heavy atom. The number of hydrogen-bond donors (Lipinski definition) is 1. The summed E-state index contributed by atoms with van der Waals surface area (Å²) in [6, 6.07) is 4.91. The van der Waals surface area contributed by atoms with Crippen molar-refractivity contribution in [2.24, 2.45) is 5.92 Å². The normalized spacial score (nSPS) is 18.5. The van der Waals surface area contributed by atoms with Crippen molar-refractivity contribution in [2.45, 2.75) is 50.8 Å². The second-order valence-corrected chi connectivity index (χ2v) is 9.78. The highest BCUT2D eigenvalue weighted by Gasteiger charge is 2.25. The molecule has 0 spiro atoms. The van der Waals surface area contributed by atoms with Gasteiger partial charge in [0, 0.05) is 37.3 Å². The quantitative estimate of drug-likeness (QED) is 0.721. The van der Waals surface area contributed by atoms with Gasteiger partial charge in [-0.15, -0.1) is 0 Å². The van der Waals surface area contributed by atoms with Crippen molar-refractivity contribution in [1.29, 1.82) is 0 Å². The van der Waals surface area contributed by atoms with E-state index < -0.39 is 15.8 Å². The van der Waals surface area contributed by atoms with E-state index in [4.69, 9.17) is 9.84 Å². The van der Waals surface area contributed by atoms with Crippen molar-refractivity contribution in [3.05, 3.63) is 47.0 Å². The van der Waals surface area contributed by atoms with Crippen LogP contribution < -0.4 is 4.72 Å². The fraction of sp³-hybridized carbons (Fsp3) is 0.571. The molecule has 2 aromatic rings. The van der Waals surface area contributed by atoms with Crippen molar-refractivity contribution in [3.8, 4) is 0 Å². The summed E-state index contributed by atoms with van der Waals surface area (Å²) in [4.78, 5) is 2.49. The second-order valence-electron chi connectivity index (χ2n) is 8.02. The lowest BCUT2D eigenvalue weighted by atomic mass is 9.97. The summed E-state index contributed by atoms with van der Waals surface area (Å²) >= 11 is 0. The number of likely N-dealkylation sites (tertiary alicyclic amines) is 1. The number of sulfonamides is 1. The third kappa shape index (κ3) is 4.74. The Labute approximate surface area is 177 Å². The molecule has 9 heteroatoms. The molecule has 7 nitrogen and oxygen atoms in total. The van der Waals surface area contributed by atoms with Gasteiger partial charge in [0.15, 0.2) is 0 Å². The zero-order valence-electron chi connectivity index (χ0n) is 17.3. The molecule has 1 saturated heterocycles. The van der Waals surface area contributed by atoms with Gasteiger partial charge >= 0.3 is 0 Å². The van der Waals surface area contributed by atoms with Gasteiger partial charge in [-0.3, -0.25) is 9.58 Å². The van der Waals surface area contributed by atoms with E-state index >= 15 is 0 Å². The first-order chi connectivity index (χ1) is 14.5. The number of fused-ring (bicyclic) bond motifs is 1. The van der Waals surface area contributed by atoms with Crippen molar-refractivity contribution in [3.63, 3.8) is 0 Å². The van der Waals surface area contributed by atoms with Crippen LogP contribution in [0.5, 0.6) is 0 Å². The van der Waals surface area contributed by atoms with Crippen molar-refractivity contribution < 1.29 is 17.5 Å². The van der Waals surface area contributed by atoms with Crippen LogP contribution in [-0.2, 0) is 40.9 Å². The topological polar surface area (TPSA) is 76.5 Å². The summed E-state index contributed by atoms with van der Waals surface area (Å²) < 4.78 is 48.2. The van der Waals surface area contributed by atoms with Gasteiger partial charge in [-0.25, -0.2) is 17.5 Å². The highest BCUT2D eigenvalue weighted by atomic mass is 32.2. The van der Waals surface area contributed by atoms with Gasteiger partial charge in [-0.2, -0.15) is 5.10 Å². The molecule has 1 fully saturated rings. The summed E-state index contributed by atoms with van der Waals surface area (Å²) in [5.41, 5.74) is 3.67. The molecule has 164 valence electrons. The molecule has 2 aliphatic heterocycles. The second kappa shape index (κ2) is 9.13. The molecule has 1 aromatic carbocycles. The summed E-state index contributed by atoms with van der Waals surface area (Å²) in [5, 5.41) is 4.81. The molecule has 0 unspecified atom stereocenters. The van der Waals surface area contributed by atoms with Gasteiger partial charge in [0.25, 0.3) is 0 Å². The van der Waals surface area contributed by atoms with Crippen molar-refractivity contribution >= 4 is 10.0 Å². The number of aromatic nitrogens is 2. The number of halogens is 1. The van der Waals surface area contributed by atoms with E-state index in [1.54, 1.807) is 0 Å². The highest BCUT2D eigenvalue weighted by Crippen LogP contribution is 2.24. The first-order valence-corrected chi connectivity index (χ1v) is 12.1. The molecular weight excluding hydrogens is 407 g/mol. The number of hydrogen-bond acceptors (Lipinski definition) is 5. The molecule has 1 aromatic heterocycles. The molecule has 0 amide bonds. The van der Waals surface area contributed by atoms with Crippen LogP contribution in [0, 0.1) is 11.7 Å². The third-order valence-corrected chi connectivity index (χ3v) is 7.48. The maximum absolute atomic E-state index is 13.0. The van der Waals surface area contributed by atoms with Crippen LogP contribution in [0.1, 0.15) is 36.7 Å². The Morgan fingerprint density at radius 3 is 2.67 bits per heavy atom. The fourth-order valence-electron chi connectivity index (χ4n) is 4.25. The van der Waals surface area contributed by atoms with Crippen LogP contribution in [0.2, 0.25) is 0 Å². The van der Waals surface area contributed by atoms with Crippen molar-refractivity contribution in [1.82, 2.24) is 19.4 Å². The van der Waals surface area contributed by atoms with Crippen LogP contribution in [0.15, 0.2) is 29.2 Å². The lowest BCUT2D eigenvalue weighted by molar-refractivity contribution is 0.107. The van der Waals surface area contributed by atoms with Crippen LogP contribution in [0.4, 0.5) is 4.39 Å². The summed E-state index contributed by atoms with van der Waals surface area (Å²) in [6.45, 7) is 7.44. The zero-order chi connectivity index (χ0) is 21.1. The number of ether oxygens (including phenoxy) is 1. The third-order valence-electron chi connectivity index (χ3n) is 6.05. The summed E-state index contributed by atoms with van der Waals surface area (Å²) in [7, 11) is -3.61. The minimum absolute atomic E-state index is 0.0971. The number of benzene rings is 1. The monoisotopic (exact) mass is 436 g/mol. The Balaban J connectivity index is 1.29. The van der Waals surface area contributed by atoms with E-state index in [2.05, 4.69) is 21.2 Å². The van der Waals surface area contributed by atoms with E-state index in [0.717, 1.165) is 69.9 Å². The van der Waals surface area contributed by atoms with Crippen LogP contribution in [0.25, 0.3) is 0 Å². The maximum atomic E-state index is 13.0. The molecule has 0 bridgehead atoms. The lowest BCUT2D eigenvalue weighted by Crippen LogP contribution is -2.38. The van der Waals surface area contributed by atoms with Gasteiger partial charge in [0.2, 0.25) is 10.0 Å². The Kier molecular flexibility index (Phi) is 6.52. The molecule has 30 heavy (non-hydrogen) atoms. The number of aryl methyl sites for hydroxylation is 1. The summed E-state index contributed by atoms with van der Waals surface area (Å²) in [5.74, 6) is -0.153. The Bertz CT molecular complexity index is 967. The van der Waals surface area contributed by atoms with Crippen LogP contribution in [-0.4, -0.2) is 49.3 Å². The molecule has 4 rings (SSSR count). The largest absolute Gasteiger partial charge is 0.376 e. The average Bonchev–Trinajstić information content (AvgIpc) is 3.11. The Hall–Kier alpha value is -1.81. The van der Waals surface area contributed by atoms with E-state index in [1.807, 2.05) is 0 Å². The zero-order valence-corrected chi connectivity index (χ0v) is 18.1. The standard InChI is InChI=1S/C21H29FN4O3S/c1-2-26-21-9-12-29-15-19(21)20(24-26)14-25-10-7-16(8-11-25)13-23-30(27,28)18-5-3-17(22)4-6-18/h3-6,16,23H,2,7-15H2,1H3. The molecule has 0 radical (unpaired) electrons. The predicted molar refractivity (Wildman–Crippen MR) is 111 cm³/mol. The molecule has 0 aliphatic carbocycles. The molecule has 1 N–H and O–H groups in total. The van der Waals surface area contributed by atoms with E-state index in [9.17, 15) is 12.8 Å². The first-order valence-electron chi connectivity index (χ1n) is 10.6. The number of nitrogens with one attached hydrogen (secondary N) is 1. The Morgan fingerprint density at radius 2 is 1.97 bits per heavy atom. The minimum atomic E-state index is -3.61. The van der Waals surface area contributed by atoms with Gasteiger partial charge in [-0.05, 0) is 63.0 Å². The maximum Gasteiger partial charge on any atom is 0.240 e. The highest BCUT2D eigenvalue weighted by molar-refractivity contribution is 7.89. The van der Waals surface area contributed by atoms with Gasteiger partial charge in [0.1, 0.15) is 5.82 Å². The molecule has 0 saturated carbocycles. The van der Waals surface area contributed by atoms with Crippen molar-refractivity contribution in [2.75, 3.05) is 26.2 Å². The average molecular weight is 437 g/mol. The fourth-order valence-corrected chi connectivity index (χ4v) is 5.37. The number of rotatable bonds is 7. The lowest BCUT2D eigenvalue weighted by Gasteiger charge is -2.31. The van der Waals surface area contributed by atoms with E-state index in [-0.39, 0.29) is 4.90 Å². The molecular formula is C21H29FN4O3S. The first kappa shape index (κ1) is 21.4. The molecule has 0 atom stereocenters. The van der Waals surface area contributed by atoms with Gasteiger partial charge in [0.05, 0.1) is 23.8 Å².